The summed E-state index contributed by atoms with van der Waals surface area (Å²) in [5.41, 5.74) is 0.196. The molecule has 0 saturated carbocycles. The number of carbonyl (C=O) groups is 1. The lowest BCUT2D eigenvalue weighted by molar-refractivity contribution is 0.104. The highest BCUT2D eigenvalue weighted by atomic mass is 16.5. The van der Waals surface area contributed by atoms with Gasteiger partial charge in [0, 0.05) is 6.07 Å². The zero-order valence-electron chi connectivity index (χ0n) is 8.32. The summed E-state index contributed by atoms with van der Waals surface area (Å²) in [4.78, 5) is 11.3. The Labute approximate surface area is 87.0 Å². The third-order valence-corrected chi connectivity index (χ3v) is 1.47. The Bertz CT molecular complexity index is 386. The van der Waals surface area contributed by atoms with E-state index in [0.29, 0.717) is 5.76 Å². The first kappa shape index (κ1) is 11.4. The second-order valence-electron chi connectivity index (χ2n) is 2.73. The van der Waals surface area contributed by atoms with Crippen LogP contribution in [0, 0.1) is 18.8 Å². The van der Waals surface area contributed by atoms with Crippen molar-refractivity contribution in [3.63, 3.8) is 0 Å². The molecular weight excluding hydrogens is 198 g/mol. The Hall–Kier alpha value is -1.64. The molecule has 0 saturated heterocycles. The van der Waals surface area contributed by atoms with Crippen LogP contribution in [0.2, 0.25) is 0 Å². The van der Waals surface area contributed by atoms with Crippen LogP contribution >= 0.6 is 0 Å². The predicted molar refractivity (Wildman–Crippen MR) is 51.3 cm³/mol. The largest absolute Gasteiger partial charge is 0.394 e. The maximum Gasteiger partial charge on any atom is 0.257 e. The van der Waals surface area contributed by atoms with E-state index in [0.717, 1.165) is 0 Å². The van der Waals surface area contributed by atoms with Crippen LogP contribution in [0.25, 0.3) is 0 Å². The van der Waals surface area contributed by atoms with Crippen molar-refractivity contribution in [2.75, 3.05) is 19.8 Å². The summed E-state index contributed by atoms with van der Waals surface area (Å²) in [6, 6.07) is 1.52. The zero-order chi connectivity index (χ0) is 11.1. The molecule has 0 radical (unpaired) electrons. The van der Waals surface area contributed by atoms with Crippen molar-refractivity contribution in [1.82, 2.24) is 5.16 Å². The number of Topliss-reactive ketones (excluding diaryl/α,β-unsaturated/α-hetero) is 1. The van der Waals surface area contributed by atoms with Crippen LogP contribution in [0.15, 0.2) is 10.6 Å². The second-order valence-corrected chi connectivity index (χ2v) is 2.73. The smallest absolute Gasteiger partial charge is 0.257 e. The Morgan fingerprint density at radius 3 is 3.13 bits per heavy atom. The van der Waals surface area contributed by atoms with E-state index < -0.39 is 5.78 Å². The highest BCUT2D eigenvalue weighted by Gasteiger charge is 2.06. The highest BCUT2D eigenvalue weighted by molar-refractivity contribution is 6.07. The Kier molecular flexibility index (Phi) is 4.54. The van der Waals surface area contributed by atoms with Gasteiger partial charge in [-0.05, 0) is 12.8 Å². The van der Waals surface area contributed by atoms with Gasteiger partial charge in [-0.25, -0.2) is 0 Å². The summed E-state index contributed by atoms with van der Waals surface area (Å²) in [6.07, 6.45) is 0. The van der Waals surface area contributed by atoms with Gasteiger partial charge >= 0.3 is 0 Å². The third-order valence-electron chi connectivity index (χ3n) is 1.47. The molecule has 0 aromatic carbocycles. The molecular formula is C10H11NO4. The molecule has 80 valence electrons. The minimum absolute atomic E-state index is 0.0574. The van der Waals surface area contributed by atoms with Crippen molar-refractivity contribution in [2.24, 2.45) is 0 Å². The highest BCUT2D eigenvalue weighted by Crippen LogP contribution is 2.01. The number of aryl methyl sites for hydroxylation is 1. The molecule has 0 amide bonds. The number of aliphatic hydroxyl groups is 1. The minimum atomic E-state index is -0.403. The van der Waals surface area contributed by atoms with Crippen LogP contribution in [0.3, 0.4) is 0 Å². The van der Waals surface area contributed by atoms with Crippen molar-refractivity contribution in [2.45, 2.75) is 6.92 Å². The third kappa shape index (κ3) is 3.94. The number of hydrogen-bond donors (Lipinski definition) is 1. The molecule has 0 aliphatic rings. The summed E-state index contributed by atoms with van der Waals surface area (Å²) in [7, 11) is 0. The number of hydrogen-bond acceptors (Lipinski definition) is 5. The Balaban J connectivity index is 2.41. The molecule has 1 rings (SSSR count). The van der Waals surface area contributed by atoms with Gasteiger partial charge in [0.1, 0.15) is 12.4 Å². The van der Waals surface area contributed by atoms with E-state index in [2.05, 4.69) is 17.0 Å². The van der Waals surface area contributed by atoms with Gasteiger partial charge in [0.25, 0.3) is 5.78 Å². The molecule has 0 aliphatic heterocycles. The van der Waals surface area contributed by atoms with Crippen molar-refractivity contribution < 1.29 is 19.2 Å². The van der Waals surface area contributed by atoms with Gasteiger partial charge in [0.2, 0.25) is 0 Å². The summed E-state index contributed by atoms with van der Waals surface area (Å²) < 4.78 is 9.58. The average Bonchev–Trinajstić information content (AvgIpc) is 2.64. The Morgan fingerprint density at radius 2 is 2.53 bits per heavy atom. The van der Waals surface area contributed by atoms with E-state index in [9.17, 15) is 4.79 Å². The molecule has 1 N–H and O–H groups in total. The fourth-order valence-electron chi connectivity index (χ4n) is 0.842. The molecule has 0 spiro atoms. The number of ketones is 1. The fraction of sp³-hybridized carbons (Fsp3) is 0.400. The number of aliphatic hydroxyl groups excluding tert-OH is 1. The summed E-state index contributed by atoms with van der Waals surface area (Å²) in [5.74, 6) is 5.03. The van der Waals surface area contributed by atoms with Crippen molar-refractivity contribution in [1.29, 1.82) is 0 Å². The maximum atomic E-state index is 11.3. The standard InChI is InChI=1S/C10H11NO4/c1-8-7-9(11-15-8)10(13)3-2-5-14-6-4-12/h7,12H,4-6H2,1H3. The SMILES string of the molecule is Cc1cc(C(=O)C#CCOCCO)no1. The first-order valence-corrected chi connectivity index (χ1v) is 4.39. The van der Waals surface area contributed by atoms with Gasteiger partial charge in [0.15, 0.2) is 5.69 Å². The normalized spacial score (nSPS) is 9.47. The fourth-order valence-corrected chi connectivity index (χ4v) is 0.842. The Morgan fingerprint density at radius 1 is 1.73 bits per heavy atom. The molecule has 5 heteroatoms. The molecule has 0 unspecified atom stereocenters. The number of ether oxygens (including phenoxy) is 1. The van der Waals surface area contributed by atoms with Crippen molar-refractivity contribution >= 4 is 5.78 Å². The van der Waals surface area contributed by atoms with Gasteiger partial charge in [-0.2, -0.15) is 0 Å². The quantitative estimate of drug-likeness (QED) is 0.331. The summed E-state index contributed by atoms with van der Waals surface area (Å²) in [6.45, 7) is 1.97. The van der Waals surface area contributed by atoms with E-state index in [4.69, 9.17) is 14.4 Å². The predicted octanol–water partition coefficient (Wildman–Crippen LogP) is 0.178. The maximum absolute atomic E-state index is 11.3. The molecule has 0 bridgehead atoms. The van der Waals surface area contributed by atoms with Crippen LogP contribution < -0.4 is 0 Å². The molecule has 0 aliphatic carbocycles. The molecule has 1 aromatic rings. The average molecular weight is 209 g/mol. The lowest BCUT2D eigenvalue weighted by Crippen LogP contribution is -2.00. The number of nitrogens with zero attached hydrogens (tertiary/aromatic N) is 1. The van der Waals surface area contributed by atoms with E-state index >= 15 is 0 Å². The lowest BCUT2D eigenvalue weighted by atomic mass is 10.3. The van der Waals surface area contributed by atoms with E-state index in [-0.39, 0.29) is 25.5 Å². The van der Waals surface area contributed by atoms with Gasteiger partial charge in [-0.15, -0.1) is 0 Å². The molecule has 15 heavy (non-hydrogen) atoms. The van der Waals surface area contributed by atoms with E-state index in [1.807, 2.05) is 0 Å². The first-order valence-electron chi connectivity index (χ1n) is 4.39. The van der Waals surface area contributed by atoms with Crippen LogP contribution in [0.4, 0.5) is 0 Å². The monoisotopic (exact) mass is 209 g/mol. The van der Waals surface area contributed by atoms with Crippen molar-refractivity contribution in [3.8, 4) is 11.8 Å². The van der Waals surface area contributed by atoms with E-state index in [1.54, 1.807) is 6.92 Å². The van der Waals surface area contributed by atoms with Gasteiger partial charge in [-0.3, -0.25) is 4.79 Å². The minimum Gasteiger partial charge on any atom is -0.394 e. The van der Waals surface area contributed by atoms with Crippen LogP contribution in [-0.2, 0) is 4.74 Å². The van der Waals surface area contributed by atoms with Gasteiger partial charge in [-0.1, -0.05) is 11.1 Å². The molecule has 0 atom stereocenters. The molecule has 0 fully saturated rings. The summed E-state index contributed by atoms with van der Waals surface area (Å²) in [5, 5.41) is 11.9. The van der Waals surface area contributed by atoms with Crippen LogP contribution in [0.1, 0.15) is 16.2 Å². The van der Waals surface area contributed by atoms with E-state index in [1.165, 1.54) is 6.07 Å². The zero-order valence-corrected chi connectivity index (χ0v) is 8.32. The number of carbonyl (C=O) groups excluding carboxylic acids is 1. The van der Waals surface area contributed by atoms with Crippen molar-refractivity contribution in [3.05, 3.63) is 17.5 Å². The number of aromatic nitrogens is 1. The molecule has 1 aromatic heterocycles. The molecule has 5 nitrogen and oxygen atoms in total. The van der Waals surface area contributed by atoms with Gasteiger partial charge < -0.3 is 14.4 Å². The second kappa shape index (κ2) is 5.96. The van der Waals surface area contributed by atoms with Gasteiger partial charge in [0.05, 0.1) is 13.2 Å². The lowest BCUT2D eigenvalue weighted by Gasteiger charge is -1.91. The molecule has 1 heterocycles. The topological polar surface area (TPSA) is 72.6 Å². The number of rotatable bonds is 4. The van der Waals surface area contributed by atoms with Crippen LogP contribution in [-0.4, -0.2) is 35.9 Å². The van der Waals surface area contributed by atoms with Crippen LogP contribution in [0.5, 0.6) is 0 Å². The first-order chi connectivity index (χ1) is 7.24. The summed E-state index contributed by atoms with van der Waals surface area (Å²) >= 11 is 0.